The Morgan fingerprint density at radius 3 is 2.31 bits per heavy atom. The van der Waals surface area contributed by atoms with Gasteiger partial charge in [0.1, 0.15) is 0 Å². The number of hydrazine groups is 1. The van der Waals surface area contributed by atoms with Gasteiger partial charge < -0.3 is 4.42 Å². The number of aromatic nitrogens is 1. The van der Waals surface area contributed by atoms with Gasteiger partial charge in [0.2, 0.25) is 5.89 Å². The number of hydrogen-bond acceptors (Lipinski definition) is 5. The molecule has 3 aromatic carbocycles. The summed E-state index contributed by atoms with van der Waals surface area (Å²) in [6.45, 7) is 0. The third kappa shape index (κ3) is 4.84. The van der Waals surface area contributed by atoms with Gasteiger partial charge in [-0.25, -0.2) is 13.4 Å². The normalized spacial score (nSPS) is 11.3. The molecule has 10 heteroatoms. The van der Waals surface area contributed by atoms with Crippen molar-refractivity contribution in [2.24, 2.45) is 0 Å². The highest BCUT2D eigenvalue weighted by Crippen LogP contribution is 2.26. The van der Waals surface area contributed by atoms with Gasteiger partial charge in [-0.2, -0.15) is 0 Å². The lowest BCUT2D eigenvalue weighted by Gasteiger charge is -2.10. The minimum atomic E-state index is -4.02. The number of benzene rings is 3. The molecule has 4 aromatic rings. The Hall–Kier alpha value is -3.17. The third-order valence-electron chi connectivity index (χ3n) is 4.45. The summed E-state index contributed by atoms with van der Waals surface area (Å²) in [6, 6.07) is 19.6. The summed E-state index contributed by atoms with van der Waals surface area (Å²) in [7, 11) is -4.02. The lowest BCUT2D eigenvalue weighted by molar-refractivity contribution is 0.0945. The van der Waals surface area contributed by atoms with Crippen LogP contribution in [0.1, 0.15) is 10.4 Å². The molecule has 0 fully saturated rings. The summed E-state index contributed by atoms with van der Waals surface area (Å²) in [5.41, 5.74) is 3.69. The summed E-state index contributed by atoms with van der Waals surface area (Å²) >= 11 is 11.8. The van der Waals surface area contributed by atoms with E-state index in [0.717, 1.165) is 5.56 Å². The van der Waals surface area contributed by atoms with Crippen molar-refractivity contribution < 1.29 is 17.6 Å². The van der Waals surface area contributed by atoms with Crippen molar-refractivity contribution in [1.29, 1.82) is 0 Å². The van der Waals surface area contributed by atoms with Crippen LogP contribution in [-0.2, 0) is 10.0 Å². The van der Waals surface area contributed by atoms with E-state index < -0.39 is 15.9 Å². The van der Waals surface area contributed by atoms with Crippen molar-refractivity contribution in [1.82, 2.24) is 15.2 Å². The van der Waals surface area contributed by atoms with Gasteiger partial charge in [0.25, 0.3) is 15.9 Å². The first kappa shape index (κ1) is 22.0. The quantitative estimate of drug-likeness (QED) is 0.375. The molecule has 0 radical (unpaired) electrons. The van der Waals surface area contributed by atoms with Gasteiger partial charge in [0.15, 0.2) is 5.76 Å². The van der Waals surface area contributed by atoms with Crippen molar-refractivity contribution in [2.45, 2.75) is 4.90 Å². The molecule has 0 aliphatic heterocycles. The topological polar surface area (TPSA) is 101 Å². The summed E-state index contributed by atoms with van der Waals surface area (Å²) in [5.74, 6) is 0.231. The van der Waals surface area contributed by atoms with E-state index in [1.54, 1.807) is 18.3 Å². The number of carbonyl (C=O) groups is 1. The Kier molecular flexibility index (Phi) is 6.29. The van der Waals surface area contributed by atoms with Gasteiger partial charge in [-0.1, -0.05) is 53.5 Å². The Bertz CT molecular complexity index is 1370. The van der Waals surface area contributed by atoms with E-state index >= 15 is 0 Å². The molecule has 0 spiro atoms. The minimum absolute atomic E-state index is 0.0569. The number of carbonyl (C=O) groups excluding carboxylic acids is 1. The van der Waals surface area contributed by atoms with Crippen LogP contribution in [0.3, 0.4) is 0 Å². The molecule has 0 atom stereocenters. The fourth-order valence-corrected chi connectivity index (χ4v) is 4.17. The SMILES string of the molecule is O=C(NNS(=O)(=O)c1ccc(-c2ncc(-c3ccccc3)o2)cc1)c1ccc(Cl)cc1Cl. The Morgan fingerprint density at radius 2 is 1.62 bits per heavy atom. The van der Waals surface area contributed by atoms with Crippen LogP contribution in [0.25, 0.3) is 22.8 Å². The fourth-order valence-electron chi connectivity index (χ4n) is 2.83. The maximum atomic E-state index is 12.5. The van der Waals surface area contributed by atoms with Crippen molar-refractivity contribution in [3.63, 3.8) is 0 Å². The van der Waals surface area contributed by atoms with Gasteiger partial charge >= 0.3 is 0 Å². The first-order valence-corrected chi connectivity index (χ1v) is 11.5. The molecule has 1 amide bonds. The number of nitrogens with one attached hydrogen (secondary N) is 2. The zero-order valence-corrected chi connectivity index (χ0v) is 18.6. The van der Waals surface area contributed by atoms with Crippen LogP contribution in [0.4, 0.5) is 0 Å². The Morgan fingerprint density at radius 1 is 0.906 bits per heavy atom. The number of hydrogen-bond donors (Lipinski definition) is 2. The zero-order chi connectivity index (χ0) is 22.7. The highest BCUT2D eigenvalue weighted by molar-refractivity contribution is 7.89. The van der Waals surface area contributed by atoms with E-state index in [0.29, 0.717) is 22.2 Å². The average molecular weight is 488 g/mol. The molecule has 162 valence electrons. The summed E-state index contributed by atoms with van der Waals surface area (Å²) in [4.78, 5) is 18.5. The molecule has 4 rings (SSSR count). The van der Waals surface area contributed by atoms with Gasteiger partial charge in [-0.15, -0.1) is 4.83 Å². The smallest absolute Gasteiger partial charge is 0.267 e. The molecule has 0 unspecified atom stereocenters. The van der Waals surface area contributed by atoms with E-state index in [-0.39, 0.29) is 15.5 Å². The molecule has 0 saturated heterocycles. The van der Waals surface area contributed by atoms with Crippen LogP contribution >= 0.6 is 23.2 Å². The van der Waals surface area contributed by atoms with Crippen molar-refractivity contribution >= 4 is 39.1 Å². The van der Waals surface area contributed by atoms with Crippen molar-refractivity contribution in [2.75, 3.05) is 0 Å². The highest BCUT2D eigenvalue weighted by atomic mass is 35.5. The second kappa shape index (κ2) is 9.13. The van der Waals surface area contributed by atoms with E-state index in [4.69, 9.17) is 27.6 Å². The van der Waals surface area contributed by atoms with Crippen LogP contribution in [0.5, 0.6) is 0 Å². The molecule has 1 heterocycles. The Balaban J connectivity index is 1.46. The Labute approximate surface area is 194 Å². The maximum Gasteiger partial charge on any atom is 0.267 e. The largest absolute Gasteiger partial charge is 0.436 e. The fraction of sp³-hybridized carbons (Fsp3) is 0. The van der Waals surface area contributed by atoms with Crippen LogP contribution in [0.2, 0.25) is 10.0 Å². The zero-order valence-electron chi connectivity index (χ0n) is 16.2. The van der Waals surface area contributed by atoms with Crippen molar-refractivity contribution in [3.8, 4) is 22.8 Å². The molecule has 0 saturated carbocycles. The number of rotatable bonds is 6. The first-order chi connectivity index (χ1) is 15.3. The third-order valence-corrected chi connectivity index (χ3v) is 6.26. The van der Waals surface area contributed by atoms with Gasteiger partial charge in [0, 0.05) is 16.1 Å². The van der Waals surface area contributed by atoms with Crippen LogP contribution in [-0.4, -0.2) is 19.3 Å². The molecule has 0 aliphatic rings. The van der Waals surface area contributed by atoms with Gasteiger partial charge in [-0.3, -0.25) is 10.2 Å². The minimum Gasteiger partial charge on any atom is -0.436 e. The number of oxazole rings is 1. The predicted molar refractivity (Wildman–Crippen MR) is 122 cm³/mol. The van der Waals surface area contributed by atoms with Crippen LogP contribution in [0.15, 0.2) is 88.3 Å². The van der Waals surface area contributed by atoms with Gasteiger partial charge in [-0.05, 0) is 42.5 Å². The van der Waals surface area contributed by atoms with Crippen molar-refractivity contribution in [3.05, 3.63) is 94.6 Å². The molecular weight excluding hydrogens is 473 g/mol. The number of halogens is 2. The van der Waals surface area contributed by atoms with Gasteiger partial charge in [0.05, 0.1) is 21.7 Å². The standard InChI is InChI=1S/C22H15Cl2N3O4S/c23-16-8-11-18(19(24)12-16)21(28)26-27-32(29,30)17-9-6-15(7-10-17)22-25-13-20(31-22)14-4-2-1-3-5-14/h1-13,27H,(H,26,28). The molecule has 7 nitrogen and oxygen atoms in total. The van der Waals surface area contributed by atoms with E-state index in [1.165, 1.54) is 30.3 Å². The molecule has 0 aliphatic carbocycles. The number of amides is 1. The van der Waals surface area contributed by atoms with Crippen LogP contribution < -0.4 is 10.3 Å². The maximum absolute atomic E-state index is 12.5. The van der Waals surface area contributed by atoms with E-state index in [1.807, 2.05) is 35.2 Å². The monoisotopic (exact) mass is 487 g/mol. The lowest BCUT2D eigenvalue weighted by atomic mass is 10.2. The molecule has 32 heavy (non-hydrogen) atoms. The summed E-state index contributed by atoms with van der Waals surface area (Å²) < 4.78 is 30.8. The molecule has 0 bridgehead atoms. The van der Waals surface area contributed by atoms with Crippen LogP contribution in [0, 0.1) is 0 Å². The molecular formula is C22H15Cl2N3O4S. The van der Waals surface area contributed by atoms with E-state index in [2.05, 4.69) is 10.4 Å². The second-order valence-electron chi connectivity index (χ2n) is 6.60. The summed E-state index contributed by atoms with van der Waals surface area (Å²) in [6.07, 6.45) is 1.61. The second-order valence-corrected chi connectivity index (χ2v) is 9.13. The summed E-state index contributed by atoms with van der Waals surface area (Å²) in [5, 5.41) is 0.452. The number of sulfonamides is 1. The molecule has 2 N–H and O–H groups in total. The van der Waals surface area contributed by atoms with E-state index in [9.17, 15) is 13.2 Å². The first-order valence-electron chi connectivity index (χ1n) is 9.22. The number of nitrogens with zero attached hydrogens (tertiary/aromatic N) is 1. The highest BCUT2D eigenvalue weighted by Gasteiger charge is 2.18. The molecule has 1 aromatic heterocycles. The lowest BCUT2D eigenvalue weighted by Crippen LogP contribution is -2.41. The average Bonchev–Trinajstić information content (AvgIpc) is 3.29. The predicted octanol–water partition coefficient (Wildman–Crippen LogP) is 4.94.